The molecule has 2 rings (SSSR count). The second-order valence-electron chi connectivity index (χ2n) is 6.24. The van der Waals surface area contributed by atoms with Gasteiger partial charge in [-0.1, -0.05) is 25.4 Å². The van der Waals surface area contributed by atoms with Crippen LogP contribution in [0.3, 0.4) is 0 Å². The van der Waals surface area contributed by atoms with E-state index in [1.807, 2.05) is 0 Å². The molecule has 0 aliphatic carbocycles. The fourth-order valence-electron chi connectivity index (χ4n) is 2.92. The SMILES string of the molecule is CC(C)CC[C@@H](c1cc([N+](=O)[O-])ccc1Cl)N1CCNCC1. The Labute approximate surface area is 136 Å². The Morgan fingerprint density at radius 2 is 2.00 bits per heavy atom. The first kappa shape index (κ1) is 17.2. The quantitative estimate of drug-likeness (QED) is 0.641. The van der Waals surface area contributed by atoms with Gasteiger partial charge in [-0.3, -0.25) is 15.0 Å². The van der Waals surface area contributed by atoms with Gasteiger partial charge in [0.05, 0.1) is 4.92 Å². The predicted molar refractivity (Wildman–Crippen MR) is 89.4 cm³/mol. The van der Waals surface area contributed by atoms with Gasteiger partial charge in [0.15, 0.2) is 0 Å². The number of hydrogen-bond donors (Lipinski definition) is 1. The molecule has 0 radical (unpaired) electrons. The molecule has 1 fully saturated rings. The maximum absolute atomic E-state index is 11.1. The van der Waals surface area contributed by atoms with Crippen LogP contribution in [0, 0.1) is 16.0 Å². The minimum absolute atomic E-state index is 0.115. The molecule has 0 aromatic heterocycles. The van der Waals surface area contributed by atoms with Crippen LogP contribution in [0.5, 0.6) is 0 Å². The van der Waals surface area contributed by atoms with Gasteiger partial charge in [0, 0.05) is 49.4 Å². The first-order chi connectivity index (χ1) is 10.5. The van der Waals surface area contributed by atoms with Gasteiger partial charge in [0.1, 0.15) is 0 Å². The fourth-order valence-corrected chi connectivity index (χ4v) is 3.16. The highest BCUT2D eigenvalue weighted by atomic mass is 35.5. The Morgan fingerprint density at radius 3 is 2.59 bits per heavy atom. The number of hydrogen-bond acceptors (Lipinski definition) is 4. The van der Waals surface area contributed by atoms with Crippen molar-refractivity contribution in [1.29, 1.82) is 0 Å². The lowest BCUT2D eigenvalue weighted by Gasteiger charge is -2.36. The molecule has 1 aromatic carbocycles. The van der Waals surface area contributed by atoms with Crippen LogP contribution in [0.15, 0.2) is 18.2 Å². The lowest BCUT2D eigenvalue weighted by atomic mass is 9.95. The summed E-state index contributed by atoms with van der Waals surface area (Å²) in [5, 5.41) is 15.0. The molecule has 0 unspecified atom stereocenters. The Bertz CT molecular complexity index is 516. The molecule has 122 valence electrons. The van der Waals surface area contributed by atoms with Crippen molar-refractivity contribution in [3.63, 3.8) is 0 Å². The Hall–Kier alpha value is -1.17. The molecule has 1 aromatic rings. The van der Waals surface area contributed by atoms with Gasteiger partial charge in [-0.2, -0.15) is 0 Å². The summed E-state index contributed by atoms with van der Waals surface area (Å²) < 4.78 is 0. The third kappa shape index (κ3) is 4.41. The zero-order chi connectivity index (χ0) is 16.1. The monoisotopic (exact) mass is 325 g/mol. The van der Waals surface area contributed by atoms with Crippen LogP contribution in [0.1, 0.15) is 38.3 Å². The first-order valence-electron chi connectivity index (χ1n) is 7.87. The van der Waals surface area contributed by atoms with Crippen LogP contribution >= 0.6 is 11.6 Å². The summed E-state index contributed by atoms with van der Waals surface area (Å²) in [5.74, 6) is 0.600. The van der Waals surface area contributed by atoms with Crippen molar-refractivity contribution in [2.45, 2.75) is 32.7 Å². The fraction of sp³-hybridized carbons (Fsp3) is 0.625. The summed E-state index contributed by atoms with van der Waals surface area (Å²) in [6, 6.07) is 4.93. The second kappa shape index (κ2) is 7.90. The van der Waals surface area contributed by atoms with E-state index in [1.54, 1.807) is 12.1 Å². The lowest BCUT2D eigenvalue weighted by molar-refractivity contribution is -0.385. The molecule has 0 saturated carbocycles. The minimum atomic E-state index is -0.350. The Balaban J connectivity index is 2.29. The third-order valence-electron chi connectivity index (χ3n) is 4.16. The van der Waals surface area contributed by atoms with E-state index in [0.717, 1.165) is 44.6 Å². The predicted octanol–water partition coefficient (Wildman–Crippen LogP) is 3.63. The third-order valence-corrected chi connectivity index (χ3v) is 4.50. The van der Waals surface area contributed by atoms with E-state index in [4.69, 9.17) is 11.6 Å². The number of non-ortho nitro benzene ring substituents is 1. The number of nitro benzene ring substituents is 1. The molecule has 0 amide bonds. The van der Waals surface area contributed by atoms with Crippen LogP contribution in [-0.4, -0.2) is 36.0 Å². The largest absolute Gasteiger partial charge is 0.314 e. The van der Waals surface area contributed by atoms with Crippen molar-refractivity contribution < 1.29 is 4.92 Å². The van der Waals surface area contributed by atoms with Gasteiger partial charge in [0.25, 0.3) is 5.69 Å². The van der Waals surface area contributed by atoms with Crippen LogP contribution in [0.4, 0.5) is 5.69 Å². The van der Waals surface area contributed by atoms with Gasteiger partial charge < -0.3 is 5.32 Å². The minimum Gasteiger partial charge on any atom is -0.314 e. The van der Waals surface area contributed by atoms with E-state index < -0.39 is 0 Å². The van der Waals surface area contributed by atoms with Gasteiger partial charge in [-0.05, 0) is 30.4 Å². The molecular weight excluding hydrogens is 302 g/mol. The zero-order valence-corrected chi connectivity index (χ0v) is 14.0. The van der Waals surface area contributed by atoms with Crippen LogP contribution in [0.25, 0.3) is 0 Å². The number of nitrogens with zero attached hydrogens (tertiary/aromatic N) is 2. The number of piperazine rings is 1. The molecule has 1 heterocycles. The van der Waals surface area contributed by atoms with Crippen molar-refractivity contribution in [1.82, 2.24) is 10.2 Å². The molecular formula is C16H24ClN3O2. The summed E-state index contributed by atoms with van der Waals surface area (Å²) in [6.45, 7) is 8.19. The maximum atomic E-state index is 11.1. The van der Waals surface area contributed by atoms with Gasteiger partial charge >= 0.3 is 0 Å². The van der Waals surface area contributed by atoms with Crippen molar-refractivity contribution in [2.75, 3.05) is 26.2 Å². The summed E-state index contributed by atoms with van der Waals surface area (Å²) >= 11 is 6.37. The van der Waals surface area contributed by atoms with Crippen LogP contribution < -0.4 is 5.32 Å². The molecule has 1 aliphatic heterocycles. The van der Waals surface area contributed by atoms with Crippen molar-refractivity contribution >= 4 is 17.3 Å². The molecule has 5 nitrogen and oxygen atoms in total. The van der Waals surface area contributed by atoms with Crippen LogP contribution in [0.2, 0.25) is 5.02 Å². The van der Waals surface area contributed by atoms with Gasteiger partial charge in [-0.15, -0.1) is 0 Å². The summed E-state index contributed by atoms with van der Waals surface area (Å²) in [4.78, 5) is 13.1. The van der Waals surface area contributed by atoms with E-state index in [9.17, 15) is 10.1 Å². The zero-order valence-electron chi connectivity index (χ0n) is 13.2. The molecule has 1 atom stereocenters. The van der Waals surface area contributed by atoms with Crippen molar-refractivity contribution in [3.05, 3.63) is 38.9 Å². The van der Waals surface area contributed by atoms with E-state index in [1.165, 1.54) is 6.07 Å². The highest BCUT2D eigenvalue weighted by Crippen LogP contribution is 2.34. The molecule has 1 N–H and O–H groups in total. The Kier molecular flexibility index (Phi) is 6.17. The van der Waals surface area contributed by atoms with E-state index in [0.29, 0.717) is 10.9 Å². The Morgan fingerprint density at radius 1 is 1.32 bits per heavy atom. The maximum Gasteiger partial charge on any atom is 0.269 e. The molecule has 22 heavy (non-hydrogen) atoms. The molecule has 1 saturated heterocycles. The second-order valence-corrected chi connectivity index (χ2v) is 6.64. The highest BCUT2D eigenvalue weighted by molar-refractivity contribution is 6.31. The number of nitro groups is 1. The van der Waals surface area contributed by atoms with E-state index in [-0.39, 0.29) is 16.7 Å². The van der Waals surface area contributed by atoms with E-state index in [2.05, 4.69) is 24.1 Å². The summed E-state index contributed by atoms with van der Waals surface area (Å²) in [5.41, 5.74) is 1.00. The standard InChI is InChI=1S/C16H24ClN3O2/c1-12(2)3-6-16(19-9-7-18-8-10-19)14-11-13(20(21)22)4-5-15(14)17/h4-5,11-12,16,18H,3,6-10H2,1-2H3/t16-/m0/s1. The number of nitrogens with one attached hydrogen (secondary N) is 1. The van der Waals surface area contributed by atoms with Crippen molar-refractivity contribution in [3.8, 4) is 0 Å². The van der Waals surface area contributed by atoms with Crippen molar-refractivity contribution in [2.24, 2.45) is 5.92 Å². The lowest BCUT2D eigenvalue weighted by Crippen LogP contribution is -2.45. The van der Waals surface area contributed by atoms with E-state index >= 15 is 0 Å². The molecule has 0 bridgehead atoms. The average molecular weight is 326 g/mol. The average Bonchev–Trinajstić information content (AvgIpc) is 2.49. The van der Waals surface area contributed by atoms with Gasteiger partial charge in [-0.25, -0.2) is 0 Å². The molecule has 6 heteroatoms. The molecule has 0 spiro atoms. The first-order valence-corrected chi connectivity index (χ1v) is 8.25. The smallest absolute Gasteiger partial charge is 0.269 e. The normalized spacial score (nSPS) is 17.6. The van der Waals surface area contributed by atoms with Gasteiger partial charge in [0.2, 0.25) is 0 Å². The topological polar surface area (TPSA) is 58.4 Å². The molecule has 1 aliphatic rings. The summed E-state index contributed by atoms with van der Waals surface area (Å²) in [6.07, 6.45) is 2.05. The number of halogens is 1. The summed E-state index contributed by atoms with van der Waals surface area (Å²) in [7, 11) is 0. The number of benzene rings is 1. The van der Waals surface area contributed by atoms with Crippen LogP contribution in [-0.2, 0) is 0 Å². The number of rotatable bonds is 6. The highest BCUT2D eigenvalue weighted by Gasteiger charge is 2.25.